The third kappa shape index (κ3) is 8.12. The highest BCUT2D eigenvalue weighted by atomic mass is 35.7. The molecule has 3 aromatic rings. The molecule has 1 aromatic heterocycles. The Balaban J connectivity index is 0.000000537. The molecule has 0 aliphatic heterocycles. The Morgan fingerprint density at radius 2 is 1.62 bits per heavy atom. The molecule has 1 heterocycles. The number of nitrogens with zero attached hydrogens (tertiary/aromatic N) is 1. The predicted octanol–water partition coefficient (Wildman–Crippen LogP) is -2.15. The average molecular weight is 441 g/mol. The lowest BCUT2D eigenvalue weighted by atomic mass is 10.1. The van der Waals surface area contributed by atoms with Gasteiger partial charge in [-0.25, -0.2) is 23.6 Å². The van der Waals surface area contributed by atoms with Gasteiger partial charge in [0.2, 0.25) is 5.36 Å². The second-order valence-electron chi connectivity index (χ2n) is 6.64. The van der Waals surface area contributed by atoms with E-state index in [-0.39, 0.29) is 0 Å². The fraction of sp³-hybridized carbons (Fsp3) is 0.250. The normalized spacial score (nSPS) is 12.2. The number of benzene rings is 2. The van der Waals surface area contributed by atoms with E-state index in [0.717, 1.165) is 45.8 Å². The van der Waals surface area contributed by atoms with Crippen molar-refractivity contribution in [3.8, 4) is 11.3 Å². The van der Waals surface area contributed by atoms with Crippen LogP contribution in [0.15, 0.2) is 52.9 Å². The van der Waals surface area contributed by atoms with Gasteiger partial charge in [-0.1, -0.05) is 23.2 Å². The molecule has 0 atom stereocenters. The molecule has 1 N–H and O–H groups in total. The molecule has 3 rings (SSSR count). The molecular weight excluding hydrogens is 419 g/mol. The highest BCUT2D eigenvalue weighted by Gasteiger charge is 2.09. The Kier molecular flexibility index (Phi) is 8.18. The maximum Gasteiger partial charge on any atom is 0.213 e. The van der Waals surface area contributed by atoms with E-state index in [9.17, 15) is 0 Å². The Bertz CT molecular complexity index is 1010. The molecule has 0 bridgehead atoms. The van der Waals surface area contributed by atoms with Crippen LogP contribution in [0.2, 0.25) is 5.02 Å². The topological polar surface area (TPSA) is 123 Å². The van der Waals surface area contributed by atoms with Crippen molar-refractivity contribution < 1.29 is 38.3 Å². The third-order valence-corrected chi connectivity index (χ3v) is 4.18. The summed E-state index contributed by atoms with van der Waals surface area (Å²) in [6, 6.07) is 16.0. The summed E-state index contributed by atoms with van der Waals surface area (Å²) in [6.45, 7) is 3.94. The van der Waals surface area contributed by atoms with Crippen LogP contribution in [-0.2, 0) is 0 Å². The SMILES string of the molecule is Cc1ccc2oc(-c3ccc(Cl)cc3)cc(=[NH+]CCN(C)C)c2c1.[O-][Cl+3]([O-])([O-])[O-]. The Hall–Kier alpha value is -1.97. The number of hydrogen-bond acceptors (Lipinski definition) is 6. The van der Waals surface area contributed by atoms with Gasteiger partial charge >= 0.3 is 0 Å². The maximum absolute atomic E-state index is 8.49. The average Bonchev–Trinajstić information content (AvgIpc) is 2.61. The summed E-state index contributed by atoms with van der Waals surface area (Å²) in [6.07, 6.45) is 0. The van der Waals surface area contributed by atoms with Gasteiger partial charge in [0.1, 0.15) is 11.3 Å². The highest BCUT2D eigenvalue weighted by molar-refractivity contribution is 6.30. The molecule has 0 radical (unpaired) electrons. The Morgan fingerprint density at radius 1 is 1.00 bits per heavy atom. The molecule has 0 amide bonds. The van der Waals surface area contributed by atoms with Crippen LogP contribution in [0.4, 0.5) is 0 Å². The Labute approximate surface area is 175 Å². The monoisotopic (exact) mass is 440 g/mol. The van der Waals surface area contributed by atoms with E-state index in [2.05, 4.69) is 49.1 Å². The van der Waals surface area contributed by atoms with E-state index >= 15 is 0 Å². The van der Waals surface area contributed by atoms with Gasteiger partial charge in [0.15, 0.2) is 6.54 Å². The molecule has 29 heavy (non-hydrogen) atoms. The maximum atomic E-state index is 8.49. The Morgan fingerprint density at radius 3 is 2.21 bits per heavy atom. The molecule has 7 nitrogen and oxygen atoms in total. The van der Waals surface area contributed by atoms with Crippen molar-refractivity contribution in [2.75, 3.05) is 27.2 Å². The summed E-state index contributed by atoms with van der Waals surface area (Å²) in [7, 11) is -0.799. The van der Waals surface area contributed by atoms with Gasteiger partial charge in [0.05, 0.1) is 18.0 Å². The van der Waals surface area contributed by atoms with Gasteiger partial charge in [-0.05, 0) is 57.4 Å². The van der Waals surface area contributed by atoms with Gasteiger partial charge < -0.3 is 9.32 Å². The number of fused-ring (bicyclic) bond motifs is 1. The van der Waals surface area contributed by atoms with Crippen LogP contribution in [-0.4, -0.2) is 32.1 Å². The van der Waals surface area contributed by atoms with Gasteiger partial charge in [0.25, 0.3) is 0 Å². The van der Waals surface area contributed by atoms with Crippen molar-refractivity contribution in [1.82, 2.24) is 4.90 Å². The quantitative estimate of drug-likeness (QED) is 0.493. The largest absolute Gasteiger partial charge is 0.456 e. The summed E-state index contributed by atoms with van der Waals surface area (Å²) in [4.78, 5) is 5.70. The van der Waals surface area contributed by atoms with Crippen molar-refractivity contribution in [1.29, 1.82) is 0 Å². The van der Waals surface area contributed by atoms with E-state index in [4.69, 9.17) is 34.7 Å². The lowest BCUT2D eigenvalue weighted by molar-refractivity contribution is -2.00. The van der Waals surface area contributed by atoms with Crippen LogP contribution >= 0.6 is 11.6 Å². The molecule has 9 heteroatoms. The van der Waals surface area contributed by atoms with Crippen molar-refractivity contribution in [3.05, 3.63) is 64.5 Å². The number of aryl methyl sites for hydroxylation is 1. The number of hydrogen-bond donors (Lipinski definition) is 1. The fourth-order valence-electron chi connectivity index (χ4n) is 2.62. The molecule has 0 saturated heterocycles. The van der Waals surface area contributed by atoms with Crippen LogP contribution in [0.3, 0.4) is 0 Å². The molecule has 0 aliphatic rings. The molecule has 156 valence electrons. The van der Waals surface area contributed by atoms with Gasteiger partial charge in [-0.15, -0.1) is 10.2 Å². The molecule has 0 aliphatic carbocycles. The minimum atomic E-state index is -4.94. The first-order valence-corrected chi connectivity index (χ1v) is 10.3. The van der Waals surface area contributed by atoms with E-state index in [1.165, 1.54) is 5.56 Å². The van der Waals surface area contributed by atoms with Crippen molar-refractivity contribution >= 4 is 22.6 Å². The molecular formula is C20H22Cl2N2O5. The van der Waals surface area contributed by atoms with E-state index in [1.807, 2.05) is 30.3 Å². The van der Waals surface area contributed by atoms with E-state index < -0.39 is 10.2 Å². The molecule has 0 fully saturated rings. The van der Waals surface area contributed by atoms with Crippen molar-refractivity contribution in [2.45, 2.75) is 6.92 Å². The number of likely N-dealkylation sites (N-methyl/N-ethyl adjacent to an activating group) is 1. The molecule has 0 unspecified atom stereocenters. The lowest BCUT2D eigenvalue weighted by Crippen LogP contribution is -2.78. The van der Waals surface area contributed by atoms with Crippen molar-refractivity contribution in [3.63, 3.8) is 0 Å². The molecule has 0 saturated carbocycles. The van der Waals surface area contributed by atoms with Crippen LogP contribution in [0.5, 0.6) is 0 Å². The van der Waals surface area contributed by atoms with Crippen LogP contribution in [0.25, 0.3) is 22.3 Å². The molecule has 2 aromatic carbocycles. The number of nitrogens with one attached hydrogen (secondary N) is 1. The minimum Gasteiger partial charge on any atom is -0.456 e. The predicted molar refractivity (Wildman–Crippen MR) is 98.9 cm³/mol. The van der Waals surface area contributed by atoms with Gasteiger partial charge in [-0.2, -0.15) is 0 Å². The fourth-order valence-corrected chi connectivity index (χ4v) is 2.74. The zero-order valence-corrected chi connectivity index (χ0v) is 17.8. The smallest absolute Gasteiger partial charge is 0.213 e. The first-order chi connectivity index (χ1) is 13.5. The highest BCUT2D eigenvalue weighted by Crippen LogP contribution is 2.23. The van der Waals surface area contributed by atoms with Crippen LogP contribution in [0.1, 0.15) is 5.56 Å². The zero-order valence-electron chi connectivity index (χ0n) is 16.3. The second kappa shape index (κ2) is 10.2. The standard InChI is InChI=1S/C20H21ClN2O.ClHO4/c1-14-4-9-19-17(12-14)18(22-10-11-23(2)3)13-20(24-19)15-5-7-16(21)8-6-15;2-1(3,4)5/h4-9,12-13H,10-11H2,1-3H3;(H,2,3,4,5). The van der Waals surface area contributed by atoms with Gasteiger partial charge in [0, 0.05) is 10.6 Å². The summed E-state index contributed by atoms with van der Waals surface area (Å²) >= 11 is 5.99. The molecule has 0 spiro atoms. The lowest BCUT2D eigenvalue weighted by Gasteiger charge is -2.17. The van der Waals surface area contributed by atoms with E-state index in [0.29, 0.717) is 0 Å². The van der Waals surface area contributed by atoms with Gasteiger partial charge in [-0.3, -0.25) is 0 Å². The van der Waals surface area contributed by atoms with Crippen LogP contribution in [0, 0.1) is 17.2 Å². The third-order valence-electron chi connectivity index (χ3n) is 3.92. The zero-order chi connectivity index (χ0) is 21.6. The first kappa shape index (κ1) is 23.3. The van der Waals surface area contributed by atoms with Crippen molar-refractivity contribution in [2.24, 2.45) is 0 Å². The first-order valence-electron chi connectivity index (χ1n) is 8.67. The summed E-state index contributed by atoms with van der Waals surface area (Å²) in [5.74, 6) is 0.829. The number of rotatable bonds is 4. The summed E-state index contributed by atoms with van der Waals surface area (Å²) in [5.41, 5.74) is 3.10. The van der Waals surface area contributed by atoms with E-state index in [1.54, 1.807) is 0 Å². The second-order valence-corrected chi connectivity index (χ2v) is 7.83. The summed E-state index contributed by atoms with van der Waals surface area (Å²) in [5, 5.41) is 2.91. The minimum absolute atomic E-state index is 0.722. The van der Waals surface area contributed by atoms with Crippen LogP contribution < -0.4 is 29.0 Å². The summed E-state index contributed by atoms with van der Waals surface area (Å²) < 4.78 is 40.1. The number of halogens is 2.